The Morgan fingerprint density at radius 1 is 1.13 bits per heavy atom. The first-order valence-electron chi connectivity index (χ1n) is 10.2. The Balaban J connectivity index is 1.35. The zero-order valence-electron chi connectivity index (χ0n) is 17.0. The lowest BCUT2D eigenvalue weighted by atomic mass is 9.96. The van der Waals surface area contributed by atoms with E-state index in [9.17, 15) is 9.59 Å². The van der Waals surface area contributed by atoms with E-state index in [4.69, 9.17) is 9.15 Å². The van der Waals surface area contributed by atoms with Crippen LogP contribution in [0, 0.1) is 5.92 Å². The van der Waals surface area contributed by atoms with Crippen molar-refractivity contribution in [1.82, 2.24) is 14.7 Å². The Morgan fingerprint density at radius 3 is 2.67 bits per heavy atom. The van der Waals surface area contributed by atoms with Crippen LogP contribution in [0.3, 0.4) is 0 Å². The molecule has 1 aliphatic heterocycles. The summed E-state index contributed by atoms with van der Waals surface area (Å²) in [6.45, 7) is 1.92. The molecule has 1 saturated heterocycles. The van der Waals surface area contributed by atoms with Gasteiger partial charge in [0.25, 0.3) is 5.56 Å². The number of furan rings is 1. The summed E-state index contributed by atoms with van der Waals surface area (Å²) in [5.41, 5.74) is 1.42. The van der Waals surface area contributed by atoms with E-state index in [0.717, 1.165) is 24.2 Å². The van der Waals surface area contributed by atoms with Crippen molar-refractivity contribution in [2.75, 3.05) is 20.2 Å². The number of piperidine rings is 1. The van der Waals surface area contributed by atoms with E-state index < -0.39 is 0 Å². The molecule has 2 aromatic heterocycles. The lowest BCUT2D eigenvalue weighted by Crippen LogP contribution is -2.41. The molecule has 1 amide bonds. The summed E-state index contributed by atoms with van der Waals surface area (Å²) in [5, 5.41) is 4.45. The number of ether oxygens (including phenoxy) is 1. The highest BCUT2D eigenvalue weighted by Gasteiger charge is 2.24. The highest BCUT2D eigenvalue weighted by atomic mass is 16.5. The molecule has 0 bridgehead atoms. The van der Waals surface area contributed by atoms with Crippen molar-refractivity contribution in [2.24, 2.45) is 5.92 Å². The summed E-state index contributed by atoms with van der Waals surface area (Å²) in [6.07, 6.45) is 3.61. The van der Waals surface area contributed by atoms with E-state index in [1.807, 2.05) is 35.2 Å². The maximum Gasteiger partial charge on any atom is 0.266 e. The second kappa shape index (κ2) is 8.98. The van der Waals surface area contributed by atoms with Gasteiger partial charge < -0.3 is 14.1 Å². The van der Waals surface area contributed by atoms with Gasteiger partial charge in [-0.1, -0.05) is 18.2 Å². The van der Waals surface area contributed by atoms with Gasteiger partial charge in [0.1, 0.15) is 11.4 Å². The van der Waals surface area contributed by atoms with Gasteiger partial charge in [-0.2, -0.15) is 5.10 Å². The second-order valence-corrected chi connectivity index (χ2v) is 7.53. The van der Waals surface area contributed by atoms with Crippen LogP contribution in [-0.4, -0.2) is 40.8 Å². The fraction of sp³-hybridized carbons (Fsp3) is 0.348. The number of benzene rings is 1. The number of amides is 1. The number of methoxy groups -OCH3 is 1. The van der Waals surface area contributed by atoms with Crippen molar-refractivity contribution in [3.63, 3.8) is 0 Å². The topological polar surface area (TPSA) is 77.6 Å². The van der Waals surface area contributed by atoms with Crippen molar-refractivity contribution in [2.45, 2.75) is 25.8 Å². The van der Waals surface area contributed by atoms with Crippen LogP contribution in [0.2, 0.25) is 0 Å². The van der Waals surface area contributed by atoms with E-state index in [1.165, 1.54) is 10.7 Å². The molecule has 1 fully saturated rings. The van der Waals surface area contributed by atoms with E-state index >= 15 is 0 Å². The molecule has 7 heteroatoms. The molecule has 30 heavy (non-hydrogen) atoms. The third-order valence-electron chi connectivity index (χ3n) is 5.57. The number of nitrogens with zero attached hydrogens (tertiary/aromatic N) is 3. The molecule has 0 radical (unpaired) electrons. The van der Waals surface area contributed by atoms with Crippen LogP contribution in [0.4, 0.5) is 0 Å². The number of hydrogen-bond donors (Lipinski definition) is 0. The predicted molar refractivity (Wildman–Crippen MR) is 112 cm³/mol. The van der Waals surface area contributed by atoms with Gasteiger partial charge in [0.05, 0.1) is 19.8 Å². The lowest BCUT2D eigenvalue weighted by Gasteiger charge is -2.32. The van der Waals surface area contributed by atoms with Gasteiger partial charge >= 0.3 is 0 Å². The zero-order valence-corrected chi connectivity index (χ0v) is 17.0. The third kappa shape index (κ3) is 4.45. The molecule has 0 aliphatic carbocycles. The van der Waals surface area contributed by atoms with Crippen molar-refractivity contribution in [1.29, 1.82) is 0 Å². The maximum atomic E-state index is 12.7. The van der Waals surface area contributed by atoms with Gasteiger partial charge in [0, 0.05) is 31.3 Å². The van der Waals surface area contributed by atoms with Crippen molar-refractivity contribution in [3.8, 4) is 17.2 Å². The summed E-state index contributed by atoms with van der Waals surface area (Å²) < 4.78 is 12.2. The molecule has 4 rings (SSSR count). The maximum absolute atomic E-state index is 12.7. The molecule has 0 saturated carbocycles. The van der Waals surface area contributed by atoms with Gasteiger partial charge in [-0.25, -0.2) is 4.68 Å². The number of aromatic nitrogens is 2. The van der Waals surface area contributed by atoms with Crippen molar-refractivity contribution in [3.05, 3.63) is 70.7 Å². The molecule has 0 unspecified atom stereocenters. The normalized spacial score (nSPS) is 14.6. The fourth-order valence-electron chi connectivity index (χ4n) is 3.87. The first kappa shape index (κ1) is 19.9. The number of carbonyl (C=O) groups excluding carboxylic acids is 1. The summed E-state index contributed by atoms with van der Waals surface area (Å²) in [5.74, 6) is 1.79. The van der Waals surface area contributed by atoms with Crippen LogP contribution < -0.4 is 10.3 Å². The SMILES string of the molecule is COc1ccccc1CC(=O)N1CCC(Cn2nc(-c3ccco3)ccc2=O)CC1. The van der Waals surface area contributed by atoms with Gasteiger partial charge in [-0.15, -0.1) is 0 Å². The highest BCUT2D eigenvalue weighted by molar-refractivity contribution is 5.79. The summed E-state index contributed by atoms with van der Waals surface area (Å²) in [6, 6.07) is 14.4. The average molecular weight is 407 g/mol. The van der Waals surface area contributed by atoms with Crippen LogP contribution in [-0.2, 0) is 17.8 Å². The fourth-order valence-corrected chi connectivity index (χ4v) is 3.87. The molecule has 7 nitrogen and oxygen atoms in total. The number of para-hydroxylation sites is 1. The molecule has 156 valence electrons. The highest BCUT2D eigenvalue weighted by Crippen LogP contribution is 2.22. The standard InChI is InChI=1S/C23H25N3O4/c1-29-20-6-3-2-5-18(20)15-23(28)25-12-10-17(11-13-25)16-26-22(27)9-8-19(24-26)21-7-4-14-30-21/h2-9,14,17H,10-13,15-16H2,1H3. The molecule has 3 heterocycles. The second-order valence-electron chi connectivity index (χ2n) is 7.53. The monoisotopic (exact) mass is 407 g/mol. The number of carbonyl (C=O) groups is 1. The number of hydrogen-bond acceptors (Lipinski definition) is 5. The number of likely N-dealkylation sites (tertiary alicyclic amines) is 1. The summed E-state index contributed by atoms with van der Waals surface area (Å²) in [7, 11) is 1.62. The Hall–Kier alpha value is -3.35. The smallest absolute Gasteiger partial charge is 0.266 e. The van der Waals surface area contributed by atoms with E-state index in [0.29, 0.717) is 43.4 Å². The van der Waals surface area contributed by atoms with Crippen LogP contribution in [0.25, 0.3) is 11.5 Å². The molecule has 3 aromatic rings. The lowest BCUT2D eigenvalue weighted by molar-refractivity contribution is -0.131. The quantitative estimate of drug-likeness (QED) is 0.628. The minimum atomic E-state index is -0.125. The van der Waals surface area contributed by atoms with Gasteiger partial charge in [-0.05, 0) is 43.0 Å². The first-order valence-corrected chi connectivity index (χ1v) is 10.2. The first-order chi connectivity index (χ1) is 14.6. The number of rotatable bonds is 6. The van der Waals surface area contributed by atoms with Gasteiger partial charge in [0.15, 0.2) is 5.76 Å². The van der Waals surface area contributed by atoms with Gasteiger partial charge in [0.2, 0.25) is 5.91 Å². The molecular weight excluding hydrogens is 382 g/mol. The van der Waals surface area contributed by atoms with Crippen LogP contribution in [0.5, 0.6) is 5.75 Å². The van der Waals surface area contributed by atoms with Crippen LogP contribution in [0.1, 0.15) is 18.4 Å². The van der Waals surface area contributed by atoms with Gasteiger partial charge in [-0.3, -0.25) is 9.59 Å². The molecule has 0 N–H and O–H groups in total. The Kier molecular flexibility index (Phi) is 5.97. The zero-order chi connectivity index (χ0) is 20.9. The molecule has 0 spiro atoms. The third-order valence-corrected chi connectivity index (χ3v) is 5.57. The van der Waals surface area contributed by atoms with Crippen LogP contribution >= 0.6 is 0 Å². The van der Waals surface area contributed by atoms with Crippen LogP contribution in [0.15, 0.2) is 64.0 Å². The summed E-state index contributed by atoms with van der Waals surface area (Å²) >= 11 is 0. The average Bonchev–Trinajstić information content (AvgIpc) is 3.31. The van der Waals surface area contributed by atoms with Crippen molar-refractivity contribution < 1.29 is 13.9 Å². The molecule has 1 aliphatic rings. The molecule has 1 aromatic carbocycles. The van der Waals surface area contributed by atoms with E-state index in [-0.39, 0.29) is 11.5 Å². The Bertz CT molecular complexity index is 1050. The minimum absolute atomic E-state index is 0.105. The largest absolute Gasteiger partial charge is 0.496 e. The molecular formula is C23H25N3O4. The molecule has 0 atom stereocenters. The Labute approximate surface area is 174 Å². The minimum Gasteiger partial charge on any atom is -0.496 e. The van der Waals surface area contributed by atoms with E-state index in [2.05, 4.69) is 5.10 Å². The summed E-state index contributed by atoms with van der Waals surface area (Å²) in [4.78, 5) is 26.9. The van der Waals surface area contributed by atoms with Crippen molar-refractivity contribution >= 4 is 5.91 Å². The van der Waals surface area contributed by atoms with E-state index in [1.54, 1.807) is 25.5 Å². The predicted octanol–water partition coefficient (Wildman–Crippen LogP) is 2.99. The Morgan fingerprint density at radius 2 is 1.93 bits per heavy atom.